The molecular formula is C7H9N3O3S. The Hall–Kier alpha value is -1.50. The zero-order chi connectivity index (χ0) is 10.6. The number of aliphatic carboxylic acids is 1. The van der Waals surface area contributed by atoms with Gasteiger partial charge in [0.15, 0.2) is 5.69 Å². The lowest BCUT2D eigenvalue weighted by Gasteiger charge is -2.13. The van der Waals surface area contributed by atoms with Crippen LogP contribution < -0.4 is 0 Å². The molecule has 7 heteroatoms. The largest absolute Gasteiger partial charge is 0.481 e. The van der Waals surface area contributed by atoms with Gasteiger partial charge in [0.25, 0.3) is 5.91 Å². The van der Waals surface area contributed by atoms with Crippen LogP contribution >= 0.6 is 11.5 Å². The molecule has 0 unspecified atom stereocenters. The van der Waals surface area contributed by atoms with E-state index in [4.69, 9.17) is 5.11 Å². The Morgan fingerprint density at radius 1 is 1.64 bits per heavy atom. The van der Waals surface area contributed by atoms with Gasteiger partial charge in [0.1, 0.15) is 0 Å². The maximum absolute atomic E-state index is 11.5. The highest BCUT2D eigenvalue weighted by molar-refractivity contribution is 7.03. The average molecular weight is 215 g/mol. The van der Waals surface area contributed by atoms with Crippen LogP contribution in [0.4, 0.5) is 0 Å². The van der Waals surface area contributed by atoms with Crippen LogP contribution in [-0.2, 0) is 4.79 Å². The molecule has 0 aromatic carbocycles. The van der Waals surface area contributed by atoms with Crippen molar-refractivity contribution < 1.29 is 14.7 Å². The molecule has 0 aliphatic carbocycles. The van der Waals surface area contributed by atoms with Crippen molar-refractivity contribution in [2.24, 2.45) is 0 Å². The predicted molar refractivity (Wildman–Crippen MR) is 49.1 cm³/mol. The van der Waals surface area contributed by atoms with Crippen molar-refractivity contribution in [1.82, 2.24) is 14.5 Å². The lowest BCUT2D eigenvalue weighted by atomic mass is 10.3. The van der Waals surface area contributed by atoms with Crippen LogP contribution in [0, 0.1) is 0 Å². The average Bonchev–Trinajstić information content (AvgIpc) is 2.65. The van der Waals surface area contributed by atoms with Gasteiger partial charge in [0.2, 0.25) is 0 Å². The Balaban J connectivity index is 2.49. The smallest absolute Gasteiger partial charge is 0.305 e. The first-order valence-electron chi connectivity index (χ1n) is 3.85. The highest BCUT2D eigenvalue weighted by Crippen LogP contribution is 2.01. The Kier molecular flexibility index (Phi) is 3.52. The number of carbonyl (C=O) groups is 2. The van der Waals surface area contributed by atoms with Crippen LogP contribution in [0.3, 0.4) is 0 Å². The molecule has 1 amide bonds. The Bertz CT molecular complexity index is 325. The molecule has 0 aliphatic heterocycles. The van der Waals surface area contributed by atoms with Crippen LogP contribution in [-0.4, -0.2) is 45.1 Å². The molecule has 0 aliphatic rings. The summed E-state index contributed by atoms with van der Waals surface area (Å²) in [5.74, 6) is -1.24. The number of carboxylic acid groups (broad SMARTS) is 1. The second-order valence-corrected chi connectivity index (χ2v) is 3.27. The van der Waals surface area contributed by atoms with Crippen molar-refractivity contribution in [1.29, 1.82) is 0 Å². The third-order valence-electron chi connectivity index (χ3n) is 1.59. The van der Waals surface area contributed by atoms with Crippen LogP contribution in [0.25, 0.3) is 0 Å². The maximum Gasteiger partial charge on any atom is 0.305 e. The van der Waals surface area contributed by atoms with E-state index in [-0.39, 0.29) is 24.6 Å². The van der Waals surface area contributed by atoms with Gasteiger partial charge in [0.05, 0.1) is 6.42 Å². The fourth-order valence-corrected chi connectivity index (χ4v) is 1.25. The molecule has 0 bridgehead atoms. The Morgan fingerprint density at radius 3 is 2.86 bits per heavy atom. The molecule has 0 saturated heterocycles. The zero-order valence-electron chi connectivity index (χ0n) is 7.51. The van der Waals surface area contributed by atoms with E-state index in [1.54, 1.807) is 0 Å². The molecule has 1 heterocycles. The second kappa shape index (κ2) is 4.66. The van der Waals surface area contributed by atoms with E-state index in [9.17, 15) is 9.59 Å². The van der Waals surface area contributed by atoms with Gasteiger partial charge in [-0.2, -0.15) is 0 Å². The van der Waals surface area contributed by atoms with E-state index in [1.165, 1.54) is 17.3 Å². The molecule has 0 fully saturated rings. The quantitative estimate of drug-likeness (QED) is 0.769. The molecule has 0 radical (unpaired) electrons. The molecule has 1 N–H and O–H groups in total. The summed E-state index contributed by atoms with van der Waals surface area (Å²) in [5, 5.41) is 13.5. The van der Waals surface area contributed by atoms with E-state index in [0.29, 0.717) is 0 Å². The van der Waals surface area contributed by atoms with Gasteiger partial charge in [-0.15, -0.1) is 5.10 Å². The second-order valence-electron chi connectivity index (χ2n) is 2.66. The first-order valence-corrected chi connectivity index (χ1v) is 4.69. The van der Waals surface area contributed by atoms with Crippen LogP contribution in [0.2, 0.25) is 0 Å². The summed E-state index contributed by atoms with van der Waals surface area (Å²) in [5.41, 5.74) is 0.253. The number of carboxylic acids is 1. The highest BCUT2D eigenvalue weighted by atomic mass is 32.1. The SMILES string of the molecule is CN(CCC(=O)O)C(=O)c1csnn1. The van der Waals surface area contributed by atoms with Crippen molar-refractivity contribution in [2.45, 2.75) is 6.42 Å². The van der Waals surface area contributed by atoms with Gasteiger partial charge in [-0.25, -0.2) is 0 Å². The van der Waals surface area contributed by atoms with E-state index in [2.05, 4.69) is 9.59 Å². The molecule has 6 nitrogen and oxygen atoms in total. The Morgan fingerprint density at radius 2 is 2.36 bits per heavy atom. The minimum atomic E-state index is -0.930. The van der Waals surface area contributed by atoms with E-state index in [0.717, 1.165) is 11.5 Å². The molecule has 76 valence electrons. The van der Waals surface area contributed by atoms with E-state index in [1.807, 2.05) is 0 Å². The fraction of sp³-hybridized carbons (Fsp3) is 0.429. The third-order valence-corrected chi connectivity index (χ3v) is 2.09. The van der Waals surface area contributed by atoms with Gasteiger partial charge < -0.3 is 10.0 Å². The summed E-state index contributed by atoms with van der Waals surface area (Å²) < 4.78 is 3.55. The van der Waals surface area contributed by atoms with Crippen molar-refractivity contribution in [3.63, 3.8) is 0 Å². The van der Waals surface area contributed by atoms with Crippen LogP contribution in [0.1, 0.15) is 16.9 Å². The number of nitrogens with zero attached hydrogens (tertiary/aromatic N) is 3. The number of carbonyl (C=O) groups excluding carboxylic acids is 1. The topological polar surface area (TPSA) is 83.4 Å². The van der Waals surface area contributed by atoms with Gasteiger partial charge >= 0.3 is 5.97 Å². The number of aromatic nitrogens is 2. The summed E-state index contributed by atoms with van der Waals surface area (Å²) >= 11 is 1.08. The molecular weight excluding hydrogens is 206 g/mol. The summed E-state index contributed by atoms with van der Waals surface area (Å²) in [4.78, 5) is 23.0. The number of rotatable bonds is 4. The maximum atomic E-state index is 11.5. The molecule has 0 saturated carbocycles. The molecule has 14 heavy (non-hydrogen) atoms. The fourth-order valence-electron chi connectivity index (χ4n) is 0.818. The predicted octanol–water partition coefficient (Wildman–Crippen LogP) is 0.0848. The molecule has 1 rings (SSSR count). The minimum absolute atomic E-state index is 0.0696. The first-order chi connectivity index (χ1) is 6.61. The summed E-state index contributed by atoms with van der Waals surface area (Å²) in [7, 11) is 1.53. The lowest BCUT2D eigenvalue weighted by molar-refractivity contribution is -0.137. The first kappa shape index (κ1) is 10.6. The molecule has 0 spiro atoms. The molecule has 1 aromatic rings. The summed E-state index contributed by atoms with van der Waals surface area (Å²) in [6.45, 7) is 0.172. The van der Waals surface area contributed by atoms with Crippen molar-refractivity contribution in [2.75, 3.05) is 13.6 Å². The Labute approximate surface area is 84.3 Å². The third kappa shape index (κ3) is 2.77. The normalized spacial score (nSPS) is 9.79. The van der Waals surface area contributed by atoms with Crippen molar-refractivity contribution in [3.8, 4) is 0 Å². The van der Waals surface area contributed by atoms with Crippen LogP contribution in [0.5, 0.6) is 0 Å². The lowest BCUT2D eigenvalue weighted by Crippen LogP contribution is -2.29. The highest BCUT2D eigenvalue weighted by Gasteiger charge is 2.14. The number of hydrogen-bond acceptors (Lipinski definition) is 5. The minimum Gasteiger partial charge on any atom is -0.481 e. The van der Waals surface area contributed by atoms with Crippen molar-refractivity contribution in [3.05, 3.63) is 11.1 Å². The summed E-state index contributed by atoms with van der Waals surface area (Å²) in [6.07, 6.45) is -0.0696. The van der Waals surface area contributed by atoms with Crippen molar-refractivity contribution >= 4 is 23.4 Å². The van der Waals surface area contributed by atoms with Gasteiger partial charge in [-0.05, 0) is 11.5 Å². The number of hydrogen-bond donors (Lipinski definition) is 1. The molecule has 1 aromatic heterocycles. The van der Waals surface area contributed by atoms with Crippen LogP contribution in [0.15, 0.2) is 5.38 Å². The molecule has 0 atom stereocenters. The standard InChI is InChI=1S/C7H9N3O3S/c1-10(3-2-6(11)12)7(13)5-4-14-9-8-5/h4H,2-3H2,1H3,(H,11,12). The summed E-state index contributed by atoms with van der Waals surface area (Å²) in [6, 6.07) is 0. The van der Waals surface area contributed by atoms with E-state index >= 15 is 0 Å². The monoisotopic (exact) mass is 215 g/mol. The van der Waals surface area contributed by atoms with Gasteiger partial charge in [0, 0.05) is 19.0 Å². The van der Waals surface area contributed by atoms with Gasteiger partial charge in [-0.3, -0.25) is 9.59 Å². The number of amides is 1. The van der Waals surface area contributed by atoms with Gasteiger partial charge in [-0.1, -0.05) is 4.49 Å². The van der Waals surface area contributed by atoms with E-state index < -0.39 is 5.97 Å². The zero-order valence-corrected chi connectivity index (χ0v) is 8.32.